The number of rotatable bonds is 4. The molecule has 94 valence electrons. The number of hydrogen-bond donors (Lipinski definition) is 1. The average Bonchev–Trinajstić information content (AvgIpc) is 2.40. The number of ether oxygens (including phenoxy) is 1. The van der Waals surface area contributed by atoms with E-state index in [0.29, 0.717) is 6.42 Å². The van der Waals surface area contributed by atoms with Crippen molar-refractivity contribution in [2.75, 3.05) is 7.11 Å². The molecule has 0 aliphatic heterocycles. The second-order valence-corrected chi connectivity index (χ2v) is 4.94. The summed E-state index contributed by atoms with van der Waals surface area (Å²) in [5.74, 6) is 0.828. The zero-order valence-electron chi connectivity index (χ0n) is 10.1. The van der Waals surface area contributed by atoms with Gasteiger partial charge in [-0.2, -0.15) is 0 Å². The van der Waals surface area contributed by atoms with Crippen LogP contribution in [-0.2, 0) is 6.42 Å². The van der Waals surface area contributed by atoms with Crippen LogP contribution in [0.3, 0.4) is 0 Å². The molecule has 0 spiro atoms. The van der Waals surface area contributed by atoms with Crippen molar-refractivity contribution < 1.29 is 9.84 Å². The first-order valence-electron chi connectivity index (χ1n) is 5.76. The van der Waals surface area contributed by atoms with Gasteiger partial charge in [0.1, 0.15) is 5.75 Å². The second kappa shape index (κ2) is 6.03. The van der Waals surface area contributed by atoms with Crippen LogP contribution in [0.25, 0.3) is 0 Å². The zero-order chi connectivity index (χ0) is 13.0. The Morgan fingerprint density at radius 3 is 2.39 bits per heavy atom. The van der Waals surface area contributed by atoms with Crippen molar-refractivity contribution in [2.24, 2.45) is 0 Å². The highest BCUT2D eigenvalue weighted by atomic mass is 79.9. The van der Waals surface area contributed by atoms with Crippen LogP contribution in [0, 0.1) is 0 Å². The van der Waals surface area contributed by atoms with E-state index in [1.165, 1.54) is 0 Å². The number of aliphatic hydroxyl groups is 1. The van der Waals surface area contributed by atoms with Gasteiger partial charge in [0.15, 0.2) is 0 Å². The first-order valence-corrected chi connectivity index (χ1v) is 6.55. The predicted octanol–water partition coefficient (Wildman–Crippen LogP) is 3.73. The van der Waals surface area contributed by atoms with Crippen LogP contribution >= 0.6 is 15.9 Å². The largest absolute Gasteiger partial charge is 0.497 e. The molecule has 0 saturated carbocycles. The molecule has 3 heteroatoms. The maximum Gasteiger partial charge on any atom is 0.118 e. The molecule has 1 N–H and O–H groups in total. The van der Waals surface area contributed by atoms with Gasteiger partial charge in [-0.15, -0.1) is 0 Å². The molecule has 0 aromatic heterocycles. The number of benzene rings is 2. The Kier molecular flexibility index (Phi) is 4.39. The van der Waals surface area contributed by atoms with Gasteiger partial charge < -0.3 is 9.84 Å². The molecular weight excluding hydrogens is 292 g/mol. The molecule has 2 nitrogen and oxygen atoms in total. The Labute approximate surface area is 115 Å². The number of methoxy groups -OCH3 is 1. The molecule has 0 bridgehead atoms. The highest BCUT2D eigenvalue weighted by Crippen LogP contribution is 2.26. The summed E-state index contributed by atoms with van der Waals surface area (Å²) in [6.07, 6.45) is 0.0843. The molecule has 2 rings (SSSR count). The molecule has 0 heterocycles. The van der Waals surface area contributed by atoms with Gasteiger partial charge in [-0.1, -0.05) is 46.3 Å². The molecular formula is C15H15BrO2. The maximum absolute atomic E-state index is 10.2. The lowest BCUT2D eigenvalue weighted by Crippen LogP contribution is -2.02. The van der Waals surface area contributed by atoms with Crippen molar-refractivity contribution in [1.29, 1.82) is 0 Å². The van der Waals surface area contributed by atoms with Gasteiger partial charge in [0.2, 0.25) is 0 Å². The minimum absolute atomic E-state index is 0.506. The Balaban J connectivity index is 2.11. The van der Waals surface area contributed by atoms with Gasteiger partial charge in [0.05, 0.1) is 13.2 Å². The second-order valence-electron chi connectivity index (χ2n) is 4.09. The first kappa shape index (κ1) is 13.1. The third-order valence-electron chi connectivity index (χ3n) is 2.85. The van der Waals surface area contributed by atoms with Crippen LogP contribution in [0.15, 0.2) is 53.0 Å². The van der Waals surface area contributed by atoms with Gasteiger partial charge in [0.25, 0.3) is 0 Å². The monoisotopic (exact) mass is 306 g/mol. The topological polar surface area (TPSA) is 29.5 Å². The van der Waals surface area contributed by atoms with Crippen molar-refractivity contribution in [2.45, 2.75) is 12.5 Å². The van der Waals surface area contributed by atoms with Crippen molar-refractivity contribution in [3.63, 3.8) is 0 Å². The van der Waals surface area contributed by atoms with Crippen LogP contribution in [0.4, 0.5) is 0 Å². The van der Waals surface area contributed by atoms with E-state index in [4.69, 9.17) is 4.74 Å². The minimum atomic E-state index is -0.506. The summed E-state index contributed by atoms with van der Waals surface area (Å²) < 4.78 is 6.04. The molecule has 0 aliphatic carbocycles. The van der Waals surface area contributed by atoms with Crippen LogP contribution in [-0.4, -0.2) is 12.2 Å². The number of halogens is 1. The molecule has 0 aliphatic rings. The normalized spacial score (nSPS) is 12.2. The van der Waals surface area contributed by atoms with E-state index in [-0.39, 0.29) is 0 Å². The third kappa shape index (κ3) is 3.12. The third-order valence-corrected chi connectivity index (χ3v) is 3.57. The molecule has 18 heavy (non-hydrogen) atoms. The van der Waals surface area contributed by atoms with Crippen molar-refractivity contribution in [3.8, 4) is 5.75 Å². The molecule has 0 radical (unpaired) electrons. The smallest absolute Gasteiger partial charge is 0.118 e. The average molecular weight is 307 g/mol. The van der Waals surface area contributed by atoms with E-state index in [2.05, 4.69) is 15.9 Å². The summed E-state index contributed by atoms with van der Waals surface area (Å²) >= 11 is 3.45. The molecule has 1 unspecified atom stereocenters. The fourth-order valence-corrected chi connectivity index (χ4v) is 2.39. The molecule has 2 aromatic rings. The SMILES string of the molecule is COc1ccc(CC(O)c2ccccc2Br)cc1. The lowest BCUT2D eigenvalue weighted by molar-refractivity contribution is 0.177. The van der Waals surface area contributed by atoms with E-state index in [9.17, 15) is 5.11 Å². The Morgan fingerprint density at radius 1 is 1.11 bits per heavy atom. The molecule has 0 fully saturated rings. The maximum atomic E-state index is 10.2. The molecule has 0 saturated heterocycles. The summed E-state index contributed by atoms with van der Waals surface area (Å²) in [6.45, 7) is 0. The van der Waals surface area contributed by atoms with Gasteiger partial charge in [-0.25, -0.2) is 0 Å². The lowest BCUT2D eigenvalue weighted by atomic mass is 10.0. The van der Waals surface area contributed by atoms with Gasteiger partial charge >= 0.3 is 0 Å². The highest BCUT2D eigenvalue weighted by Gasteiger charge is 2.11. The number of hydrogen-bond acceptors (Lipinski definition) is 2. The van der Waals surface area contributed by atoms with Crippen molar-refractivity contribution in [1.82, 2.24) is 0 Å². The van der Waals surface area contributed by atoms with E-state index >= 15 is 0 Å². The zero-order valence-corrected chi connectivity index (χ0v) is 11.7. The molecule has 1 atom stereocenters. The van der Waals surface area contributed by atoms with Gasteiger partial charge in [-0.05, 0) is 29.3 Å². The summed E-state index contributed by atoms with van der Waals surface area (Å²) in [5, 5.41) is 10.2. The summed E-state index contributed by atoms with van der Waals surface area (Å²) in [7, 11) is 1.64. The van der Waals surface area contributed by atoms with Crippen LogP contribution < -0.4 is 4.74 Å². The fourth-order valence-electron chi connectivity index (χ4n) is 1.84. The molecule has 2 aromatic carbocycles. The number of aliphatic hydroxyl groups excluding tert-OH is 1. The van der Waals surface area contributed by atoms with Crippen LogP contribution in [0.5, 0.6) is 5.75 Å². The van der Waals surface area contributed by atoms with Crippen LogP contribution in [0.1, 0.15) is 17.2 Å². The Hall–Kier alpha value is -1.32. The minimum Gasteiger partial charge on any atom is -0.497 e. The van der Waals surface area contributed by atoms with Crippen molar-refractivity contribution >= 4 is 15.9 Å². The lowest BCUT2D eigenvalue weighted by Gasteiger charge is -2.13. The summed E-state index contributed by atoms with van der Waals surface area (Å²) in [5.41, 5.74) is 1.99. The fraction of sp³-hybridized carbons (Fsp3) is 0.200. The Bertz CT molecular complexity index is 508. The summed E-state index contributed by atoms with van der Waals surface area (Å²) in [4.78, 5) is 0. The van der Waals surface area contributed by atoms with Gasteiger partial charge in [0, 0.05) is 10.9 Å². The van der Waals surface area contributed by atoms with Crippen molar-refractivity contribution in [3.05, 3.63) is 64.1 Å². The quantitative estimate of drug-likeness (QED) is 0.932. The van der Waals surface area contributed by atoms with Crippen LogP contribution in [0.2, 0.25) is 0 Å². The van der Waals surface area contributed by atoms with E-state index < -0.39 is 6.10 Å². The highest BCUT2D eigenvalue weighted by molar-refractivity contribution is 9.10. The van der Waals surface area contributed by atoms with E-state index in [1.54, 1.807) is 7.11 Å². The first-order chi connectivity index (χ1) is 8.70. The van der Waals surface area contributed by atoms with E-state index in [1.807, 2.05) is 48.5 Å². The Morgan fingerprint density at radius 2 is 1.78 bits per heavy atom. The summed E-state index contributed by atoms with van der Waals surface area (Å²) in [6, 6.07) is 15.5. The predicted molar refractivity (Wildman–Crippen MR) is 75.8 cm³/mol. The van der Waals surface area contributed by atoms with E-state index in [0.717, 1.165) is 21.3 Å². The van der Waals surface area contributed by atoms with Gasteiger partial charge in [-0.3, -0.25) is 0 Å². The molecule has 0 amide bonds. The standard InChI is InChI=1S/C15H15BrO2/c1-18-12-8-6-11(7-9-12)10-15(17)13-4-2-3-5-14(13)16/h2-9,15,17H,10H2,1H3.